The van der Waals surface area contributed by atoms with E-state index in [4.69, 9.17) is 5.84 Å². The minimum absolute atomic E-state index is 0.350. The third-order valence-corrected chi connectivity index (χ3v) is 5.77. The average Bonchev–Trinajstić information content (AvgIpc) is 3.16. The summed E-state index contributed by atoms with van der Waals surface area (Å²) in [5, 5.41) is 5.79. The van der Waals surface area contributed by atoms with Crippen molar-refractivity contribution >= 4 is 32.8 Å². The van der Waals surface area contributed by atoms with Crippen LogP contribution in [0, 0.1) is 0 Å². The largest absolute Gasteiger partial charge is 0.271 e. The van der Waals surface area contributed by atoms with Gasteiger partial charge in [0.1, 0.15) is 0 Å². The molecular weight excluding hydrogens is 296 g/mol. The Morgan fingerprint density at radius 3 is 2.81 bits per heavy atom. The van der Waals surface area contributed by atoms with Crippen molar-refractivity contribution in [1.82, 2.24) is 5.43 Å². The van der Waals surface area contributed by atoms with Crippen molar-refractivity contribution in [2.24, 2.45) is 5.84 Å². The molecule has 0 fully saturated rings. The molecule has 0 radical (unpaired) electrons. The molecular formula is C17H20N2S2. The molecule has 0 bridgehead atoms. The molecule has 0 aliphatic carbocycles. The van der Waals surface area contributed by atoms with Crippen molar-refractivity contribution in [3.05, 3.63) is 57.6 Å². The molecule has 21 heavy (non-hydrogen) atoms. The van der Waals surface area contributed by atoms with Gasteiger partial charge in [-0.25, -0.2) is 0 Å². The molecule has 0 aliphatic rings. The highest BCUT2D eigenvalue weighted by Gasteiger charge is 2.11. The fourth-order valence-corrected chi connectivity index (χ4v) is 4.41. The normalized spacial score (nSPS) is 12.8. The first kappa shape index (κ1) is 14.7. The Hall–Kier alpha value is -1.20. The Kier molecular flexibility index (Phi) is 5.04. The van der Waals surface area contributed by atoms with Gasteiger partial charge >= 0.3 is 0 Å². The second-order valence-electron chi connectivity index (χ2n) is 5.30. The van der Waals surface area contributed by atoms with E-state index in [1.807, 2.05) is 22.7 Å². The molecule has 0 saturated heterocycles. The van der Waals surface area contributed by atoms with E-state index >= 15 is 0 Å². The maximum atomic E-state index is 5.75. The molecule has 1 aromatic carbocycles. The lowest BCUT2D eigenvalue weighted by molar-refractivity contribution is 0.478. The summed E-state index contributed by atoms with van der Waals surface area (Å²) in [5.41, 5.74) is 4.40. The molecule has 0 spiro atoms. The molecule has 2 nitrogen and oxygen atoms in total. The Morgan fingerprint density at radius 2 is 2.00 bits per heavy atom. The minimum atomic E-state index is 0.350. The number of hydrogen-bond donors (Lipinski definition) is 2. The van der Waals surface area contributed by atoms with E-state index in [0.717, 1.165) is 19.3 Å². The molecule has 110 valence electrons. The second kappa shape index (κ2) is 7.18. The summed E-state index contributed by atoms with van der Waals surface area (Å²) < 4.78 is 1.36. The number of nitrogens with two attached hydrogens (primary N) is 1. The quantitative estimate of drug-likeness (QED) is 0.502. The average molecular weight is 316 g/mol. The standard InChI is InChI=1S/C17H20N2S2/c18-19-14(5-3-6-15-7-4-10-20-15)11-13-12-21-17-9-2-1-8-16(13)17/h1-2,4,7-10,12,14,19H,3,5-6,11,18H2. The van der Waals surface area contributed by atoms with Gasteiger partial charge in [0.15, 0.2) is 0 Å². The predicted molar refractivity (Wildman–Crippen MR) is 93.9 cm³/mol. The highest BCUT2D eigenvalue weighted by atomic mass is 32.1. The van der Waals surface area contributed by atoms with Crippen molar-refractivity contribution in [3.8, 4) is 0 Å². The zero-order chi connectivity index (χ0) is 14.5. The molecule has 3 aromatic rings. The van der Waals surface area contributed by atoms with Crippen LogP contribution < -0.4 is 11.3 Å². The summed E-state index contributed by atoms with van der Waals surface area (Å²) in [5.74, 6) is 5.75. The summed E-state index contributed by atoms with van der Waals surface area (Å²) >= 11 is 3.66. The molecule has 0 aliphatic heterocycles. The van der Waals surface area contributed by atoms with Gasteiger partial charge in [-0.3, -0.25) is 11.3 Å². The van der Waals surface area contributed by atoms with Crippen LogP contribution in [0.3, 0.4) is 0 Å². The number of hydrazine groups is 1. The highest BCUT2D eigenvalue weighted by Crippen LogP contribution is 2.27. The molecule has 3 N–H and O–H groups in total. The maximum absolute atomic E-state index is 5.75. The van der Waals surface area contributed by atoms with Crippen LogP contribution in [0.2, 0.25) is 0 Å². The summed E-state index contributed by atoms with van der Waals surface area (Å²) in [6.45, 7) is 0. The smallest absolute Gasteiger partial charge is 0.0345 e. The first-order valence-electron chi connectivity index (χ1n) is 7.30. The number of hydrogen-bond acceptors (Lipinski definition) is 4. The van der Waals surface area contributed by atoms with Gasteiger partial charge < -0.3 is 0 Å². The lowest BCUT2D eigenvalue weighted by Gasteiger charge is -2.15. The summed E-state index contributed by atoms with van der Waals surface area (Å²) in [4.78, 5) is 1.46. The third kappa shape index (κ3) is 3.71. The van der Waals surface area contributed by atoms with Crippen molar-refractivity contribution < 1.29 is 0 Å². The molecule has 3 rings (SSSR count). The van der Waals surface area contributed by atoms with E-state index in [1.54, 1.807) is 0 Å². The first-order valence-corrected chi connectivity index (χ1v) is 9.06. The van der Waals surface area contributed by atoms with E-state index < -0.39 is 0 Å². The first-order chi connectivity index (χ1) is 10.4. The highest BCUT2D eigenvalue weighted by molar-refractivity contribution is 7.17. The molecule has 2 heterocycles. The van der Waals surface area contributed by atoms with Crippen LogP contribution >= 0.6 is 22.7 Å². The van der Waals surface area contributed by atoms with Gasteiger partial charge in [-0.15, -0.1) is 22.7 Å². The Balaban J connectivity index is 1.59. The molecule has 1 atom stereocenters. The van der Waals surface area contributed by atoms with Gasteiger partial charge in [0.25, 0.3) is 0 Å². The van der Waals surface area contributed by atoms with Crippen molar-refractivity contribution in [2.75, 3.05) is 0 Å². The topological polar surface area (TPSA) is 38.0 Å². The van der Waals surface area contributed by atoms with E-state index in [1.165, 1.54) is 26.9 Å². The Bertz CT molecular complexity index is 673. The van der Waals surface area contributed by atoms with E-state index in [-0.39, 0.29) is 0 Å². The summed E-state index contributed by atoms with van der Waals surface area (Å²) in [7, 11) is 0. The van der Waals surface area contributed by atoms with Crippen LogP contribution in [0.5, 0.6) is 0 Å². The number of aryl methyl sites for hydroxylation is 1. The monoisotopic (exact) mass is 316 g/mol. The zero-order valence-electron chi connectivity index (χ0n) is 11.9. The zero-order valence-corrected chi connectivity index (χ0v) is 13.6. The fraction of sp³-hybridized carbons (Fsp3) is 0.294. The number of fused-ring (bicyclic) bond motifs is 1. The van der Waals surface area contributed by atoms with Gasteiger partial charge in [-0.2, -0.15) is 0 Å². The van der Waals surface area contributed by atoms with Gasteiger partial charge in [-0.05, 0) is 59.5 Å². The molecule has 2 aromatic heterocycles. The van der Waals surface area contributed by atoms with Gasteiger partial charge in [0.2, 0.25) is 0 Å². The van der Waals surface area contributed by atoms with Gasteiger partial charge in [0, 0.05) is 15.6 Å². The SMILES string of the molecule is NNC(CCCc1cccs1)Cc1csc2ccccc12. The number of thiophene rings is 2. The Labute approximate surface area is 133 Å². The Morgan fingerprint density at radius 1 is 1.10 bits per heavy atom. The van der Waals surface area contributed by atoms with Crippen LogP contribution in [-0.4, -0.2) is 6.04 Å². The van der Waals surface area contributed by atoms with Crippen LogP contribution in [0.1, 0.15) is 23.3 Å². The van der Waals surface area contributed by atoms with Crippen molar-refractivity contribution in [1.29, 1.82) is 0 Å². The van der Waals surface area contributed by atoms with E-state index in [2.05, 4.69) is 52.6 Å². The van der Waals surface area contributed by atoms with Crippen LogP contribution in [0.25, 0.3) is 10.1 Å². The van der Waals surface area contributed by atoms with E-state index in [0.29, 0.717) is 6.04 Å². The number of rotatable bonds is 7. The predicted octanol–water partition coefficient (Wildman–Crippen LogP) is 4.36. The summed E-state index contributed by atoms with van der Waals surface area (Å²) in [6.07, 6.45) is 4.45. The molecule has 0 amide bonds. The van der Waals surface area contributed by atoms with Crippen LogP contribution in [0.4, 0.5) is 0 Å². The van der Waals surface area contributed by atoms with Gasteiger partial charge in [0.05, 0.1) is 0 Å². The number of benzene rings is 1. The molecule has 4 heteroatoms. The third-order valence-electron chi connectivity index (χ3n) is 3.82. The second-order valence-corrected chi connectivity index (χ2v) is 7.24. The summed E-state index contributed by atoms with van der Waals surface area (Å²) in [6, 6.07) is 13.3. The fourth-order valence-electron chi connectivity index (χ4n) is 2.68. The lowest BCUT2D eigenvalue weighted by atomic mass is 10.0. The molecule has 1 unspecified atom stereocenters. The lowest BCUT2D eigenvalue weighted by Crippen LogP contribution is -2.36. The molecule has 0 saturated carbocycles. The van der Waals surface area contributed by atoms with Gasteiger partial charge in [-0.1, -0.05) is 24.3 Å². The van der Waals surface area contributed by atoms with E-state index in [9.17, 15) is 0 Å². The minimum Gasteiger partial charge on any atom is -0.271 e. The van der Waals surface area contributed by atoms with Crippen molar-refractivity contribution in [3.63, 3.8) is 0 Å². The van der Waals surface area contributed by atoms with Crippen molar-refractivity contribution in [2.45, 2.75) is 31.7 Å². The van der Waals surface area contributed by atoms with Crippen LogP contribution in [0.15, 0.2) is 47.2 Å². The number of nitrogens with one attached hydrogen (secondary N) is 1. The van der Waals surface area contributed by atoms with Crippen LogP contribution in [-0.2, 0) is 12.8 Å². The maximum Gasteiger partial charge on any atom is 0.0345 e.